The van der Waals surface area contributed by atoms with E-state index in [0.717, 1.165) is 21.2 Å². The first kappa shape index (κ1) is 21.5. The monoisotopic (exact) mass is 502 g/mol. The number of pyridine rings is 1. The smallest absolute Gasteiger partial charge is 0.253 e. The van der Waals surface area contributed by atoms with Gasteiger partial charge in [0, 0.05) is 22.8 Å². The quantitative estimate of drug-likeness (QED) is 0.391. The lowest BCUT2D eigenvalue weighted by atomic mass is 10.1. The molecule has 3 heterocycles. The summed E-state index contributed by atoms with van der Waals surface area (Å²) in [5, 5.41) is 14.5. The van der Waals surface area contributed by atoms with Crippen molar-refractivity contribution in [1.29, 1.82) is 0 Å². The van der Waals surface area contributed by atoms with Gasteiger partial charge in [-0.2, -0.15) is 10.1 Å². The number of anilines is 1. The summed E-state index contributed by atoms with van der Waals surface area (Å²) in [6.07, 6.45) is 3.98. The fourth-order valence-electron chi connectivity index (χ4n) is 3.51. The lowest BCUT2D eigenvalue weighted by Gasteiger charge is -2.12. The highest BCUT2D eigenvalue weighted by atomic mass is 79.9. The molecule has 0 aliphatic rings. The lowest BCUT2D eigenvalue weighted by molar-refractivity contribution is 0.280. The third kappa shape index (κ3) is 4.48. The van der Waals surface area contributed by atoms with Crippen molar-refractivity contribution in [1.82, 2.24) is 24.3 Å². The van der Waals surface area contributed by atoms with Gasteiger partial charge in [-0.25, -0.2) is 9.67 Å². The fourth-order valence-corrected chi connectivity index (χ4v) is 4.13. The van der Waals surface area contributed by atoms with E-state index < -0.39 is 0 Å². The number of nitrogens with zero attached hydrogens (tertiary/aromatic N) is 5. The summed E-state index contributed by atoms with van der Waals surface area (Å²) in [5.41, 5.74) is 9.83. The van der Waals surface area contributed by atoms with Gasteiger partial charge in [-0.1, -0.05) is 28.1 Å². The molecular weight excluding hydrogens is 484 g/mol. The summed E-state index contributed by atoms with van der Waals surface area (Å²) in [5.74, 6) is 0.295. The van der Waals surface area contributed by atoms with Gasteiger partial charge >= 0.3 is 0 Å². The van der Waals surface area contributed by atoms with Crippen molar-refractivity contribution in [2.24, 2.45) is 0 Å². The number of nitrogen functional groups attached to an aromatic ring is 1. The summed E-state index contributed by atoms with van der Waals surface area (Å²) in [7, 11) is 0. The zero-order chi connectivity index (χ0) is 22.1. The summed E-state index contributed by atoms with van der Waals surface area (Å²) in [6.45, 7) is 2.64. The number of fused-ring (bicyclic) bond motifs is 1. The Bertz CT molecular complexity index is 1330. The van der Waals surface area contributed by atoms with E-state index in [1.807, 2.05) is 12.1 Å². The molecule has 0 spiro atoms. The van der Waals surface area contributed by atoms with E-state index in [0.29, 0.717) is 41.9 Å². The Hall–Kier alpha value is -2.75. The van der Waals surface area contributed by atoms with E-state index in [1.165, 1.54) is 0 Å². The van der Waals surface area contributed by atoms with Crippen molar-refractivity contribution in [2.75, 3.05) is 5.73 Å². The molecule has 160 valence electrons. The molecule has 10 heteroatoms. The Balaban J connectivity index is 1.59. The van der Waals surface area contributed by atoms with Crippen molar-refractivity contribution < 1.29 is 5.11 Å². The predicted molar refractivity (Wildman–Crippen MR) is 123 cm³/mol. The molecule has 0 saturated heterocycles. The van der Waals surface area contributed by atoms with Crippen LogP contribution in [0.15, 0.2) is 45.9 Å². The van der Waals surface area contributed by atoms with Crippen LogP contribution in [0.1, 0.15) is 22.3 Å². The van der Waals surface area contributed by atoms with Gasteiger partial charge in [0.25, 0.3) is 5.56 Å². The largest absolute Gasteiger partial charge is 0.392 e. The van der Waals surface area contributed by atoms with Gasteiger partial charge in [0.1, 0.15) is 5.82 Å². The highest BCUT2D eigenvalue weighted by Crippen LogP contribution is 2.23. The molecule has 0 radical (unpaired) electrons. The van der Waals surface area contributed by atoms with Gasteiger partial charge in [0.05, 0.1) is 24.7 Å². The van der Waals surface area contributed by atoms with E-state index in [9.17, 15) is 9.90 Å². The third-order valence-electron chi connectivity index (χ3n) is 5.07. The van der Waals surface area contributed by atoms with Gasteiger partial charge < -0.3 is 15.4 Å². The summed E-state index contributed by atoms with van der Waals surface area (Å²) < 4.78 is 4.33. The second-order valence-corrected chi connectivity index (χ2v) is 8.47. The van der Waals surface area contributed by atoms with Crippen LogP contribution >= 0.6 is 27.5 Å². The normalized spacial score (nSPS) is 11.4. The highest BCUT2D eigenvalue weighted by molar-refractivity contribution is 9.10. The van der Waals surface area contributed by atoms with E-state index in [1.54, 1.807) is 34.6 Å². The van der Waals surface area contributed by atoms with Gasteiger partial charge in [-0.05, 0) is 53.8 Å². The van der Waals surface area contributed by atoms with Crippen molar-refractivity contribution >= 4 is 44.4 Å². The maximum absolute atomic E-state index is 12.4. The molecule has 0 bridgehead atoms. The maximum Gasteiger partial charge on any atom is 0.253 e. The summed E-state index contributed by atoms with van der Waals surface area (Å²) in [6, 6.07) is 7.75. The van der Waals surface area contributed by atoms with E-state index in [4.69, 9.17) is 17.3 Å². The second-order valence-electron chi connectivity index (χ2n) is 7.28. The molecular formula is C21H20BrClN6O2. The maximum atomic E-state index is 12.4. The average molecular weight is 504 g/mol. The standard InChI is InChI=1S/C21H20BrClN6O2/c1-12-6-14(11-30)9-28(20(12)31)5-4-15-7-13(2-3-17(15)22)10-29-19-16(8-25-29)18(24)26-21(23)27-19/h2-3,6-9,30H,4-5,10-11H2,1H3,(H2,24,26,27). The van der Waals surface area contributed by atoms with E-state index in [2.05, 4.69) is 37.1 Å². The summed E-state index contributed by atoms with van der Waals surface area (Å²) >= 11 is 9.55. The number of aromatic nitrogens is 5. The van der Waals surface area contributed by atoms with Crippen LogP contribution < -0.4 is 11.3 Å². The molecule has 3 N–H and O–H groups in total. The molecule has 0 atom stereocenters. The molecule has 0 aliphatic heterocycles. The van der Waals surface area contributed by atoms with Crippen LogP contribution in [-0.2, 0) is 26.1 Å². The van der Waals surface area contributed by atoms with Crippen LogP contribution in [0.5, 0.6) is 0 Å². The molecule has 1 aromatic carbocycles. The predicted octanol–water partition coefficient (Wildman–Crippen LogP) is 3.08. The molecule has 0 amide bonds. The SMILES string of the molecule is Cc1cc(CO)cn(CCc2cc(Cn3ncc4c(N)nc(Cl)nc43)ccc2Br)c1=O. The Morgan fingerprint density at radius 2 is 2.03 bits per heavy atom. The average Bonchev–Trinajstić information content (AvgIpc) is 3.13. The first-order valence-corrected chi connectivity index (χ1v) is 10.8. The Morgan fingerprint density at radius 3 is 2.81 bits per heavy atom. The number of halogens is 2. The van der Waals surface area contributed by atoms with Crippen molar-refractivity contribution in [2.45, 2.75) is 33.0 Å². The first-order valence-electron chi connectivity index (χ1n) is 9.58. The van der Waals surface area contributed by atoms with Gasteiger partial charge in [0.15, 0.2) is 5.65 Å². The lowest BCUT2D eigenvalue weighted by Crippen LogP contribution is -2.23. The minimum absolute atomic E-state index is 0.0540. The minimum Gasteiger partial charge on any atom is -0.392 e. The number of aliphatic hydroxyl groups is 1. The van der Waals surface area contributed by atoms with Crippen LogP contribution in [0.2, 0.25) is 5.28 Å². The Morgan fingerprint density at radius 1 is 1.23 bits per heavy atom. The van der Waals surface area contributed by atoms with Crippen LogP contribution in [-0.4, -0.2) is 29.4 Å². The van der Waals surface area contributed by atoms with E-state index in [-0.39, 0.29) is 17.4 Å². The van der Waals surface area contributed by atoms with Crippen molar-refractivity contribution in [3.8, 4) is 0 Å². The minimum atomic E-state index is -0.101. The Labute approximate surface area is 191 Å². The Kier molecular flexibility index (Phi) is 6.08. The molecule has 31 heavy (non-hydrogen) atoms. The zero-order valence-electron chi connectivity index (χ0n) is 16.7. The molecule has 0 aliphatic carbocycles. The summed E-state index contributed by atoms with van der Waals surface area (Å²) in [4.78, 5) is 20.6. The molecule has 4 aromatic rings. The first-order chi connectivity index (χ1) is 14.9. The number of hydrogen-bond donors (Lipinski definition) is 2. The number of nitrogens with two attached hydrogens (primary N) is 1. The van der Waals surface area contributed by atoms with Crippen molar-refractivity contribution in [3.63, 3.8) is 0 Å². The molecule has 3 aromatic heterocycles. The molecule has 0 unspecified atom stereocenters. The fraction of sp³-hybridized carbons (Fsp3) is 0.238. The number of aliphatic hydroxyl groups excluding tert-OH is 1. The third-order valence-corrected chi connectivity index (χ3v) is 6.01. The van der Waals surface area contributed by atoms with E-state index >= 15 is 0 Å². The van der Waals surface area contributed by atoms with Crippen LogP contribution in [0.25, 0.3) is 11.0 Å². The van der Waals surface area contributed by atoms with Crippen molar-refractivity contribution in [3.05, 3.63) is 79.0 Å². The van der Waals surface area contributed by atoms with Gasteiger partial charge in [-0.3, -0.25) is 4.79 Å². The zero-order valence-corrected chi connectivity index (χ0v) is 19.1. The molecule has 4 rings (SSSR count). The topological polar surface area (TPSA) is 112 Å². The number of benzene rings is 1. The molecule has 8 nitrogen and oxygen atoms in total. The molecule has 0 saturated carbocycles. The number of hydrogen-bond acceptors (Lipinski definition) is 6. The van der Waals surface area contributed by atoms with Gasteiger partial charge in [-0.15, -0.1) is 0 Å². The second kappa shape index (κ2) is 8.78. The highest BCUT2D eigenvalue weighted by Gasteiger charge is 2.12. The van der Waals surface area contributed by atoms with Crippen LogP contribution in [0, 0.1) is 6.92 Å². The number of aryl methyl sites for hydroxylation is 3. The van der Waals surface area contributed by atoms with Gasteiger partial charge in [0.2, 0.25) is 5.28 Å². The van der Waals surface area contributed by atoms with Crippen LogP contribution in [0.3, 0.4) is 0 Å². The van der Waals surface area contributed by atoms with Crippen LogP contribution in [0.4, 0.5) is 5.82 Å². The number of rotatable bonds is 6. The molecule has 0 fully saturated rings.